The van der Waals surface area contributed by atoms with Crippen molar-refractivity contribution in [3.05, 3.63) is 18.3 Å². The van der Waals surface area contributed by atoms with E-state index in [2.05, 4.69) is 20.1 Å². The van der Waals surface area contributed by atoms with Crippen LogP contribution in [0.2, 0.25) is 0 Å². The first kappa shape index (κ1) is 18.5. The minimum absolute atomic E-state index is 0.215. The van der Waals surface area contributed by atoms with Gasteiger partial charge < -0.3 is 15.0 Å². The van der Waals surface area contributed by atoms with Crippen LogP contribution in [-0.2, 0) is 4.79 Å². The second-order valence-electron chi connectivity index (χ2n) is 8.23. The zero-order chi connectivity index (χ0) is 18.6. The summed E-state index contributed by atoms with van der Waals surface area (Å²) < 4.78 is 5.10. The number of carbonyl (C=O) groups is 1. The zero-order valence-electron chi connectivity index (χ0n) is 16.4. The first-order chi connectivity index (χ1) is 13.2. The second kappa shape index (κ2) is 8.46. The van der Waals surface area contributed by atoms with Gasteiger partial charge >= 0.3 is 0 Å². The SMILES string of the molecule is COc1ccc(N[C@H]2CC[C@@H](C(=O)N3CCN(C4CCC4)CC3)CC2)cn1. The largest absolute Gasteiger partial charge is 0.481 e. The number of hydrogen-bond donors (Lipinski definition) is 1. The molecule has 2 saturated carbocycles. The predicted octanol–water partition coefficient (Wildman–Crippen LogP) is 2.76. The van der Waals surface area contributed by atoms with Crippen molar-refractivity contribution in [3.63, 3.8) is 0 Å². The molecule has 2 aliphatic carbocycles. The van der Waals surface area contributed by atoms with Crippen molar-refractivity contribution in [2.45, 2.75) is 57.0 Å². The molecule has 1 aromatic rings. The third kappa shape index (κ3) is 4.37. The third-order valence-electron chi connectivity index (χ3n) is 6.61. The average Bonchev–Trinajstić information content (AvgIpc) is 2.68. The van der Waals surface area contributed by atoms with Crippen LogP contribution >= 0.6 is 0 Å². The summed E-state index contributed by atoms with van der Waals surface area (Å²) in [5.74, 6) is 1.24. The number of ether oxygens (including phenoxy) is 1. The van der Waals surface area contributed by atoms with E-state index < -0.39 is 0 Å². The van der Waals surface area contributed by atoms with Gasteiger partial charge in [-0.25, -0.2) is 4.98 Å². The molecule has 0 radical (unpaired) electrons. The molecule has 0 bridgehead atoms. The van der Waals surface area contributed by atoms with E-state index in [1.165, 1.54) is 19.3 Å². The highest BCUT2D eigenvalue weighted by Gasteiger charge is 2.33. The fourth-order valence-electron chi connectivity index (χ4n) is 4.62. The minimum atomic E-state index is 0.215. The van der Waals surface area contributed by atoms with Gasteiger partial charge in [-0.05, 0) is 44.6 Å². The molecule has 1 amide bonds. The number of methoxy groups -OCH3 is 1. The molecule has 1 saturated heterocycles. The lowest BCUT2D eigenvalue weighted by Crippen LogP contribution is -2.54. The molecule has 0 unspecified atom stereocenters. The van der Waals surface area contributed by atoms with Crippen LogP contribution in [0.4, 0.5) is 5.69 Å². The van der Waals surface area contributed by atoms with Crippen LogP contribution in [0, 0.1) is 5.92 Å². The molecular weight excluding hydrogens is 340 g/mol. The molecule has 27 heavy (non-hydrogen) atoms. The molecule has 1 aliphatic heterocycles. The van der Waals surface area contributed by atoms with Gasteiger partial charge in [0, 0.05) is 50.2 Å². The van der Waals surface area contributed by atoms with Crippen molar-refractivity contribution in [2.24, 2.45) is 5.92 Å². The number of rotatable bonds is 5. The highest BCUT2D eigenvalue weighted by molar-refractivity contribution is 5.79. The standard InChI is InChI=1S/C21H32N4O2/c1-27-20-10-9-18(15-22-20)23-17-7-5-16(6-8-17)21(26)25-13-11-24(12-14-25)19-3-2-4-19/h9-10,15-17,19,23H,2-8,11-14H2,1H3/t16-,17+. The minimum Gasteiger partial charge on any atom is -0.481 e. The Bertz CT molecular complexity index is 616. The van der Waals surface area contributed by atoms with Crippen LogP contribution in [0.5, 0.6) is 5.88 Å². The Morgan fingerprint density at radius 2 is 1.81 bits per heavy atom. The summed E-state index contributed by atoms with van der Waals surface area (Å²) in [6.45, 7) is 3.98. The number of piperazine rings is 1. The molecule has 6 heteroatoms. The summed E-state index contributed by atoms with van der Waals surface area (Å²) in [5, 5.41) is 3.55. The van der Waals surface area contributed by atoms with E-state index in [9.17, 15) is 4.79 Å². The smallest absolute Gasteiger partial charge is 0.225 e. The number of carbonyl (C=O) groups excluding carboxylic acids is 1. The third-order valence-corrected chi connectivity index (χ3v) is 6.61. The van der Waals surface area contributed by atoms with E-state index in [-0.39, 0.29) is 5.92 Å². The molecule has 3 fully saturated rings. The topological polar surface area (TPSA) is 57.7 Å². The molecule has 148 valence electrons. The molecule has 0 spiro atoms. The highest BCUT2D eigenvalue weighted by Crippen LogP contribution is 2.30. The van der Waals surface area contributed by atoms with Crippen molar-refractivity contribution in [3.8, 4) is 5.88 Å². The van der Waals surface area contributed by atoms with Gasteiger partial charge in [0.15, 0.2) is 0 Å². The first-order valence-corrected chi connectivity index (χ1v) is 10.5. The molecule has 2 heterocycles. The van der Waals surface area contributed by atoms with Crippen molar-refractivity contribution in [2.75, 3.05) is 38.6 Å². The van der Waals surface area contributed by atoms with Gasteiger partial charge in [0.05, 0.1) is 19.0 Å². The number of anilines is 1. The Labute approximate surface area is 162 Å². The summed E-state index contributed by atoms with van der Waals surface area (Å²) in [5.41, 5.74) is 1.03. The van der Waals surface area contributed by atoms with E-state index in [1.54, 1.807) is 7.11 Å². The number of amides is 1. The Balaban J connectivity index is 1.21. The molecular formula is C21H32N4O2. The lowest BCUT2D eigenvalue weighted by Gasteiger charge is -2.44. The Morgan fingerprint density at radius 1 is 1.07 bits per heavy atom. The summed E-state index contributed by atoms with van der Waals surface area (Å²) in [7, 11) is 1.63. The van der Waals surface area contributed by atoms with Gasteiger partial charge in [0.1, 0.15) is 0 Å². The summed E-state index contributed by atoms with van der Waals surface area (Å²) >= 11 is 0. The van der Waals surface area contributed by atoms with Crippen molar-refractivity contribution in [1.82, 2.24) is 14.8 Å². The van der Waals surface area contributed by atoms with E-state index in [0.29, 0.717) is 17.8 Å². The monoisotopic (exact) mass is 372 g/mol. The van der Waals surface area contributed by atoms with Gasteiger partial charge in [0.2, 0.25) is 11.8 Å². The van der Waals surface area contributed by atoms with E-state index >= 15 is 0 Å². The summed E-state index contributed by atoms with van der Waals surface area (Å²) in [6.07, 6.45) is 9.98. The second-order valence-corrected chi connectivity index (χ2v) is 8.23. The van der Waals surface area contributed by atoms with Crippen LogP contribution in [0.1, 0.15) is 44.9 Å². The maximum absolute atomic E-state index is 12.9. The molecule has 6 nitrogen and oxygen atoms in total. The number of pyridine rings is 1. The quantitative estimate of drug-likeness (QED) is 0.861. The van der Waals surface area contributed by atoms with Crippen LogP contribution in [-0.4, -0.2) is 66.1 Å². The number of nitrogens with zero attached hydrogens (tertiary/aromatic N) is 3. The van der Waals surface area contributed by atoms with Crippen LogP contribution in [0.15, 0.2) is 18.3 Å². The molecule has 0 aromatic carbocycles. The lowest BCUT2D eigenvalue weighted by molar-refractivity contribution is -0.139. The van der Waals surface area contributed by atoms with Gasteiger partial charge in [-0.3, -0.25) is 9.69 Å². The molecule has 0 atom stereocenters. The fourth-order valence-corrected chi connectivity index (χ4v) is 4.62. The lowest BCUT2D eigenvalue weighted by atomic mass is 9.85. The number of hydrogen-bond acceptors (Lipinski definition) is 5. The van der Waals surface area contributed by atoms with Gasteiger partial charge in [-0.15, -0.1) is 0 Å². The normalized spacial score (nSPS) is 27.1. The van der Waals surface area contributed by atoms with E-state index in [4.69, 9.17) is 4.74 Å². The van der Waals surface area contributed by atoms with Crippen molar-refractivity contribution in [1.29, 1.82) is 0 Å². The van der Waals surface area contributed by atoms with E-state index in [0.717, 1.165) is 63.6 Å². The Morgan fingerprint density at radius 3 is 2.37 bits per heavy atom. The number of nitrogens with one attached hydrogen (secondary N) is 1. The summed E-state index contributed by atoms with van der Waals surface area (Å²) in [6, 6.07) is 5.11. The maximum Gasteiger partial charge on any atom is 0.225 e. The van der Waals surface area contributed by atoms with Crippen molar-refractivity contribution < 1.29 is 9.53 Å². The van der Waals surface area contributed by atoms with Crippen LogP contribution < -0.4 is 10.1 Å². The van der Waals surface area contributed by atoms with Crippen molar-refractivity contribution >= 4 is 11.6 Å². The highest BCUT2D eigenvalue weighted by atomic mass is 16.5. The van der Waals surface area contributed by atoms with Gasteiger partial charge in [-0.1, -0.05) is 6.42 Å². The summed E-state index contributed by atoms with van der Waals surface area (Å²) in [4.78, 5) is 21.9. The fraction of sp³-hybridized carbons (Fsp3) is 0.714. The van der Waals surface area contributed by atoms with E-state index in [1.807, 2.05) is 18.3 Å². The maximum atomic E-state index is 12.9. The molecule has 4 rings (SSSR count). The zero-order valence-corrected chi connectivity index (χ0v) is 16.4. The first-order valence-electron chi connectivity index (χ1n) is 10.5. The Hall–Kier alpha value is -1.82. The van der Waals surface area contributed by atoms with Gasteiger partial charge in [0.25, 0.3) is 0 Å². The molecule has 3 aliphatic rings. The Kier molecular flexibility index (Phi) is 5.81. The predicted molar refractivity (Wildman–Crippen MR) is 106 cm³/mol. The van der Waals surface area contributed by atoms with Gasteiger partial charge in [-0.2, -0.15) is 0 Å². The molecule has 1 aromatic heterocycles. The van der Waals surface area contributed by atoms with Crippen LogP contribution in [0.3, 0.4) is 0 Å². The number of aromatic nitrogens is 1. The average molecular weight is 373 g/mol. The van der Waals surface area contributed by atoms with Crippen LogP contribution in [0.25, 0.3) is 0 Å². The molecule has 1 N–H and O–H groups in total.